The molecule has 2 spiro atoms. The highest BCUT2D eigenvalue weighted by Gasteiger charge is 2.55. The van der Waals surface area contributed by atoms with Crippen LogP contribution in [0.15, 0.2) is 42.5 Å². The molecule has 2 aromatic carbocycles. The number of fused-ring (bicyclic) bond motifs is 2. The molecule has 0 atom stereocenters. The van der Waals surface area contributed by atoms with E-state index in [1.165, 1.54) is 6.07 Å². The molecular weight excluding hydrogens is 423 g/mol. The van der Waals surface area contributed by atoms with E-state index >= 15 is 0 Å². The molecule has 1 aliphatic carbocycles. The minimum absolute atomic E-state index is 0.137. The van der Waals surface area contributed by atoms with Gasteiger partial charge in [-0.25, -0.2) is 0 Å². The number of hydrogen-bond acceptors (Lipinski definition) is 4. The molecule has 0 unspecified atom stereocenters. The van der Waals surface area contributed by atoms with Crippen molar-refractivity contribution in [3.8, 4) is 5.75 Å². The number of nitrogens with zero attached hydrogens (tertiary/aromatic N) is 1. The van der Waals surface area contributed by atoms with Crippen LogP contribution in [0.4, 0.5) is 13.2 Å². The molecule has 2 aliphatic heterocycles. The van der Waals surface area contributed by atoms with Crippen LogP contribution in [0.25, 0.3) is 0 Å². The summed E-state index contributed by atoms with van der Waals surface area (Å²) in [5.41, 5.74) is 0.197. The lowest BCUT2D eigenvalue weighted by Crippen LogP contribution is -2.50. The van der Waals surface area contributed by atoms with Crippen LogP contribution >= 0.6 is 0 Å². The number of rotatable bonds is 3. The number of hydrogen-bond donors (Lipinski definition) is 0. The van der Waals surface area contributed by atoms with Gasteiger partial charge in [0.15, 0.2) is 5.79 Å². The Morgan fingerprint density at radius 1 is 1.00 bits per heavy atom. The molecule has 1 saturated carbocycles. The maximum atomic E-state index is 13.5. The van der Waals surface area contributed by atoms with Gasteiger partial charge in [-0.3, -0.25) is 4.79 Å². The Morgan fingerprint density at radius 2 is 1.66 bits per heavy atom. The molecule has 5 rings (SSSR count). The Morgan fingerprint density at radius 3 is 2.25 bits per heavy atom. The van der Waals surface area contributed by atoms with Crippen molar-refractivity contribution in [1.29, 1.82) is 0 Å². The summed E-state index contributed by atoms with van der Waals surface area (Å²) >= 11 is 0. The van der Waals surface area contributed by atoms with Crippen LogP contribution in [0.5, 0.6) is 5.75 Å². The molecule has 0 bridgehead atoms. The third-order valence-electron chi connectivity index (χ3n) is 6.99. The molecule has 3 aliphatic rings. The molecule has 0 N–H and O–H groups in total. The van der Waals surface area contributed by atoms with Gasteiger partial charge in [-0.05, 0) is 48.2 Å². The number of methoxy groups -OCH3 is 1. The molecule has 0 aromatic heterocycles. The van der Waals surface area contributed by atoms with Gasteiger partial charge in [0.2, 0.25) is 0 Å². The van der Waals surface area contributed by atoms with Crippen LogP contribution < -0.4 is 4.74 Å². The van der Waals surface area contributed by atoms with Crippen LogP contribution in [0, 0.1) is 0 Å². The largest absolute Gasteiger partial charge is 0.497 e. The molecule has 5 nitrogen and oxygen atoms in total. The van der Waals surface area contributed by atoms with Gasteiger partial charge in [0.05, 0.1) is 31.4 Å². The van der Waals surface area contributed by atoms with Gasteiger partial charge in [-0.1, -0.05) is 18.2 Å². The van der Waals surface area contributed by atoms with Crippen LogP contribution in [-0.2, 0) is 27.7 Å². The Labute approximate surface area is 184 Å². The number of alkyl halides is 3. The summed E-state index contributed by atoms with van der Waals surface area (Å²) in [7, 11) is 1.58. The average Bonchev–Trinajstić information content (AvgIpc) is 3.33. The molecule has 2 fully saturated rings. The van der Waals surface area contributed by atoms with E-state index in [1.54, 1.807) is 12.0 Å². The smallest absolute Gasteiger partial charge is 0.416 e. The van der Waals surface area contributed by atoms with Gasteiger partial charge in [-0.15, -0.1) is 0 Å². The van der Waals surface area contributed by atoms with E-state index in [2.05, 4.69) is 0 Å². The molecule has 8 heteroatoms. The highest BCUT2D eigenvalue weighted by Crippen LogP contribution is 2.53. The quantitative estimate of drug-likeness (QED) is 0.673. The minimum Gasteiger partial charge on any atom is -0.497 e. The fraction of sp³-hybridized carbons (Fsp3) is 0.458. The third-order valence-corrected chi connectivity index (χ3v) is 6.99. The average molecular weight is 447 g/mol. The number of halogens is 3. The van der Waals surface area contributed by atoms with E-state index in [4.69, 9.17) is 14.2 Å². The zero-order chi connectivity index (χ0) is 22.6. The van der Waals surface area contributed by atoms with E-state index < -0.39 is 23.1 Å². The summed E-state index contributed by atoms with van der Waals surface area (Å²) in [4.78, 5) is 15.2. The number of benzene rings is 2. The fourth-order valence-electron chi connectivity index (χ4n) is 5.29. The summed E-state index contributed by atoms with van der Waals surface area (Å²) in [6.45, 7) is 1.37. The Bertz CT molecular complexity index is 1020. The first kappa shape index (κ1) is 21.3. The van der Waals surface area contributed by atoms with Gasteiger partial charge in [-0.2, -0.15) is 13.2 Å². The molecule has 0 radical (unpaired) electrons. The number of ether oxygens (including phenoxy) is 3. The topological polar surface area (TPSA) is 48.0 Å². The first-order valence-electron chi connectivity index (χ1n) is 10.7. The van der Waals surface area contributed by atoms with Crippen LogP contribution in [0.2, 0.25) is 0 Å². The van der Waals surface area contributed by atoms with Crippen molar-refractivity contribution in [2.45, 2.75) is 49.7 Å². The summed E-state index contributed by atoms with van der Waals surface area (Å²) in [6, 6.07) is 10.9. The lowest BCUT2D eigenvalue weighted by molar-refractivity contribution is -0.192. The molecule has 2 heterocycles. The molecular formula is C24H24F3NO4. The van der Waals surface area contributed by atoms with Crippen LogP contribution in [-0.4, -0.2) is 36.9 Å². The predicted octanol–water partition coefficient (Wildman–Crippen LogP) is 4.88. The summed E-state index contributed by atoms with van der Waals surface area (Å²) in [5, 5.41) is 0. The van der Waals surface area contributed by atoms with Gasteiger partial charge in [0.25, 0.3) is 5.91 Å². The van der Waals surface area contributed by atoms with Gasteiger partial charge < -0.3 is 19.1 Å². The molecule has 1 amide bonds. The first-order valence-corrected chi connectivity index (χ1v) is 10.7. The summed E-state index contributed by atoms with van der Waals surface area (Å²) in [6.07, 6.45) is -2.21. The third kappa shape index (κ3) is 3.36. The van der Waals surface area contributed by atoms with Crippen molar-refractivity contribution in [3.05, 3.63) is 64.7 Å². The Balaban J connectivity index is 1.53. The maximum absolute atomic E-state index is 13.5. The molecule has 2 aromatic rings. The van der Waals surface area contributed by atoms with Gasteiger partial charge in [0.1, 0.15) is 5.75 Å². The Hall–Kier alpha value is -2.58. The minimum atomic E-state index is -4.51. The lowest BCUT2D eigenvalue weighted by Gasteiger charge is -2.47. The van der Waals surface area contributed by atoms with Crippen molar-refractivity contribution in [2.75, 3.05) is 20.3 Å². The van der Waals surface area contributed by atoms with E-state index in [1.807, 2.05) is 24.3 Å². The summed E-state index contributed by atoms with van der Waals surface area (Å²) in [5.74, 6) is -0.315. The molecule has 1 saturated heterocycles. The standard InChI is InChI=1S/C24H24F3NO4/c1-30-18-5-2-16(3-6-18)15-28-21(29)19-14-17(24(25,26)27)4-7-20(19)22(28)8-10-23(11-9-22)31-12-13-32-23/h2-7,14H,8-13,15H2,1H3. The van der Waals surface area contributed by atoms with Crippen molar-refractivity contribution < 1.29 is 32.2 Å². The predicted molar refractivity (Wildman–Crippen MR) is 109 cm³/mol. The van der Waals surface area contributed by atoms with Crippen molar-refractivity contribution >= 4 is 5.91 Å². The van der Waals surface area contributed by atoms with E-state index in [0.29, 0.717) is 56.8 Å². The van der Waals surface area contributed by atoms with Crippen molar-refractivity contribution in [3.63, 3.8) is 0 Å². The second-order valence-electron chi connectivity index (χ2n) is 8.64. The monoisotopic (exact) mass is 447 g/mol. The fourth-order valence-corrected chi connectivity index (χ4v) is 5.29. The van der Waals surface area contributed by atoms with Crippen LogP contribution in [0.1, 0.15) is 52.7 Å². The van der Waals surface area contributed by atoms with E-state index in [9.17, 15) is 18.0 Å². The summed E-state index contributed by atoms with van der Waals surface area (Å²) < 4.78 is 57.0. The zero-order valence-corrected chi connectivity index (χ0v) is 17.7. The highest BCUT2D eigenvalue weighted by molar-refractivity contribution is 6.00. The normalized spacial score (nSPS) is 21.4. The van der Waals surface area contributed by atoms with E-state index in [0.717, 1.165) is 17.7 Å². The second kappa shape index (κ2) is 7.49. The number of amides is 1. The first-order chi connectivity index (χ1) is 15.3. The number of carbonyl (C=O) groups excluding carboxylic acids is 1. The van der Waals surface area contributed by atoms with Crippen molar-refractivity contribution in [2.24, 2.45) is 0 Å². The van der Waals surface area contributed by atoms with Gasteiger partial charge in [0, 0.05) is 24.9 Å². The molecule has 32 heavy (non-hydrogen) atoms. The Kier molecular flexibility index (Phi) is 4.98. The second-order valence-corrected chi connectivity index (χ2v) is 8.64. The van der Waals surface area contributed by atoms with E-state index in [-0.39, 0.29) is 11.5 Å². The maximum Gasteiger partial charge on any atom is 0.416 e. The lowest BCUT2D eigenvalue weighted by atomic mass is 9.74. The van der Waals surface area contributed by atoms with Gasteiger partial charge >= 0.3 is 6.18 Å². The SMILES string of the molecule is COc1ccc(CN2C(=O)c3cc(C(F)(F)F)ccc3C23CCC2(CC3)OCCO2)cc1. The molecule has 170 valence electrons. The number of carbonyl (C=O) groups is 1. The highest BCUT2D eigenvalue weighted by atomic mass is 19.4. The van der Waals surface area contributed by atoms with Crippen LogP contribution in [0.3, 0.4) is 0 Å². The van der Waals surface area contributed by atoms with Crippen molar-refractivity contribution in [1.82, 2.24) is 4.90 Å². The zero-order valence-electron chi connectivity index (χ0n) is 17.7.